The summed E-state index contributed by atoms with van der Waals surface area (Å²) in [6.45, 7) is 9.97. The predicted octanol–water partition coefficient (Wildman–Crippen LogP) is 7.34. The summed E-state index contributed by atoms with van der Waals surface area (Å²) in [7, 11) is 0. The fraction of sp³-hybridized carbons (Fsp3) is 0.957. The highest BCUT2D eigenvalue weighted by atomic mass is 16.4. The van der Waals surface area contributed by atoms with Crippen molar-refractivity contribution in [3.63, 3.8) is 0 Å². The Hall–Kier alpha value is -0.570. The summed E-state index contributed by atoms with van der Waals surface area (Å²) in [6, 6.07) is 0.731. The summed E-state index contributed by atoms with van der Waals surface area (Å²) in [5.41, 5.74) is 0. The SMILES string of the molecule is CCCCCCC.CCCCCCC.O=C(O)CCCCNC1CCC1. The van der Waals surface area contributed by atoms with Gasteiger partial charge >= 0.3 is 5.97 Å². The van der Waals surface area contributed by atoms with Crippen LogP contribution >= 0.6 is 0 Å². The number of carboxylic acid groups (broad SMARTS) is 1. The molecule has 0 radical (unpaired) electrons. The number of rotatable bonds is 14. The Morgan fingerprint density at radius 2 is 1.23 bits per heavy atom. The van der Waals surface area contributed by atoms with E-state index in [0.717, 1.165) is 25.4 Å². The largest absolute Gasteiger partial charge is 0.481 e. The molecule has 0 heterocycles. The number of hydrogen-bond acceptors (Lipinski definition) is 2. The second-order valence-electron chi connectivity index (χ2n) is 7.55. The first kappa shape index (κ1) is 27.6. The van der Waals surface area contributed by atoms with E-state index in [1.165, 1.54) is 83.5 Å². The van der Waals surface area contributed by atoms with Crippen molar-refractivity contribution >= 4 is 5.97 Å². The molecule has 0 bridgehead atoms. The minimum Gasteiger partial charge on any atom is -0.481 e. The molecular weight excluding hydrogens is 322 g/mol. The molecule has 1 saturated carbocycles. The van der Waals surface area contributed by atoms with Crippen molar-refractivity contribution in [2.45, 2.75) is 136 Å². The molecule has 1 aliphatic carbocycles. The monoisotopic (exact) mass is 371 g/mol. The van der Waals surface area contributed by atoms with E-state index in [0.29, 0.717) is 6.42 Å². The van der Waals surface area contributed by atoms with Crippen LogP contribution in [0.25, 0.3) is 0 Å². The molecule has 3 heteroatoms. The Labute approximate surface area is 164 Å². The zero-order valence-electron chi connectivity index (χ0n) is 18.5. The van der Waals surface area contributed by atoms with E-state index in [2.05, 4.69) is 33.0 Å². The molecule has 0 aromatic heterocycles. The highest BCUT2D eigenvalue weighted by Crippen LogP contribution is 2.17. The molecule has 0 unspecified atom stereocenters. The Kier molecular flexibility index (Phi) is 26.0. The summed E-state index contributed by atoms with van der Waals surface area (Å²) in [5, 5.41) is 11.8. The zero-order valence-corrected chi connectivity index (χ0v) is 18.5. The average Bonchev–Trinajstić information content (AvgIpc) is 2.58. The zero-order chi connectivity index (χ0) is 19.9. The van der Waals surface area contributed by atoms with Crippen LogP contribution in [0.5, 0.6) is 0 Å². The van der Waals surface area contributed by atoms with Crippen LogP contribution in [-0.4, -0.2) is 23.7 Å². The van der Waals surface area contributed by atoms with Gasteiger partial charge < -0.3 is 10.4 Å². The van der Waals surface area contributed by atoms with E-state index >= 15 is 0 Å². The van der Waals surface area contributed by atoms with Crippen molar-refractivity contribution in [2.75, 3.05) is 6.54 Å². The molecule has 26 heavy (non-hydrogen) atoms. The van der Waals surface area contributed by atoms with E-state index in [1.807, 2.05) is 0 Å². The maximum atomic E-state index is 10.1. The van der Waals surface area contributed by atoms with Crippen LogP contribution in [0.1, 0.15) is 130 Å². The van der Waals surface area contributed by atoms with Crippen molar-refractivity contribution < 1.29 is 9.90 Å². The molecule has 3 nitrogen and oxygen atoms in total. The van der Waals surface area contributed by atoms with Gasteiger partial charge in [-0.25, -0.2) is 0 Å². The second-order valence-corrected chi connectivity index (χ2v) is 7.55. The smallest absolute Gasteiger partial charge is 0.303 e. The van der Waals surface area contributed by atoms with E-state index in [4.69, 9.17) is 5.11 Å². The van der Waals surface area contributed by atoms with Crippen molar-refractivity contribution in [1.29, 1.82) is 0 Å². The first-order valence-corrected chi connectivity index (χ1v) is 11.6. The quantitative estimate of drug-likeness (QED) is 0.314. The number of unbranched alkanes of at least 4 members (excludes halogenated alkanes) is 9. The highest BCUT2D eigenvalue weighted by molar-refractivity contribution is 5.66. The van der Waals surface area contributed by atoms with Crippen LogP contribution in [0.3, 0.4) is 0 Å². The van der Waals surface area contributed by atoms with Gasteiger partial charge in [0.2, 0.25) is 0 Å². The summed E-state index contributed by atoms with van der Waals surface area (Å²) in [4.78, 5) is 10.1. The predicted molar refractivity (Wildman–Crippen MR) is 116 cm³/mol. The highest BCUT2D eigenvalue weighted by Gasteiger charge is 2.15. The molecule has 158 valence electrons. The third-order valence-corrected chi connectivity index (χ3v) is 4.77. The van der Waals surface area contributed by atoms with Gasteiger partial charge in [-0.3, -0.25) is 4.79 Å². The normalized spacial score (nSPS) is 13.1. The lowest BCUT2D eigenvalue weighted by Crippen LogP contribution is -2.35. The first-order valence-electron chi connectivity index (χ1n) is 11.6. The molecule has 0 amide bonds. The topological polar surface area (TPSA) is 49.3 Å². The van der Waals surface area contributed by atoms with Gasteiger partial charge in [0, 0.05) is 12.5 Å². The standard InChI is InChI=1S/C9H17NO2.2C7H16/c11-9(12)6-1-2-7-10-8-4-3-5-8;2*1-3-5-7-6-4-2/h8,10H,1-7H2,(H,11,12);2*3-7H2,1-2H3. The molecule has 1 rings (SSSR count). The fourth-order valence-electron chi connectivity index (χ4n) is 2.67. The van der Waals surface area contributed by atoms with E-state index in [-0.39, 0.29) is 0 Å². The molecule has 2 N–H and O–H groups in total. The molecule has 1 aliphatic rings. The number of hydrogen-bond donors (Lipinski definition) is 2. The number of aliphatic carboxylic acids is 1. The lowest BCUT2D eigenvalue weighted by atomic mass is 9.93. The van der Waals surface area contributed by atoms with Crippen LogP contribution in [0.2, 0.25) is 0 Å². The van der Waals surface area contributed by atoms with Crippen molar-refractivity contribution in [1.82, 2.24) is 5.32 Å². The summed E-state index contributed by atoms with van der Waals surface area (Å²) < 4.78 is 0. The Balaban J connectivity index is 0. The molecule has 0 saturated heterocycles. The van der Waals surface area contributed by atoms with Crippen molar-refractivity contribution in [3.8, 4) is 0 Å². The van der Waals surface area contributed by atoms with Gasteiger partial charge in [-0.2, -0.15) is 0 Å². The molecule has 0 aromatic rings. The van der Waals surface area contributed by atoms with Gasteiger partial charge in [0.25, 0.3) is 0 Å². The van der Waals surface area contributed by atoms with E-state index < -0.39 is 5.97 Å². The van der Waals surface area contributed by atoms with Crippen LogP contribution in [0.15, 0.2) is 0 Å². The first-order chi connectivity index (χ1) is 12.6. The maximum absolute atomic E-state index is 10.1. The van der Waals surface area contributed by atoms with Crippen molar-refractivity contribution in [3.05, 3.63) is 0 Å². The van der Waals surface area contributed by atoms with Crippen molar-refractivity contribution in [2.24, 2.45) is 0 Å². The van der Waals surface area contributed by atoms with Gasteiger partial charge in [-0.05, 0) is 32.2 Å². The van der Waals surface area contributed by atoms with E-state index in [1.54, 1.807) is 0 Å². The van der Waals surface area contributed by atoms with Crippen LogP contribution in [0, 0.1) is 0 Å². The van der Waals surface area contributed by atoms with Gasteiger partial charge in [-0.1, -0.05) is 98.3 Å². The van der Waals surface area contributed by atoms with Crippen LogP contribution < -0.4 is 5.32 Å². The van der Waals surface area contributed by atoms with E-state index in [9.17, 15) is 4.79 Å². The fourth-order valence-corrected chi connectivity index (χ4v) is 2.67. The minimum absolute atomic E-state index is 0.312. The molecule has 0 spiro atoms. The maximum Gasteiger partial charge on any atom is 0.303 e. The Bertz CT molecular complexity index is 247. The molecule has 0 atom stereocenters. The Morgan fingerprint density at radius 3 is 1.54 bits per heavy atom. The Morgan fingerprint density at radius 1 is 0.769 bits per heavy atom. The lowest BCUT2D eigenvalue weighted by molar-refractivity contribution is -0.137. The third kappa shape index (κ3) is 25.7. The summed E-state index contributed by atoms with van der Waals surface area (Å²) in [6.07, 6.45) is 20.1. The minimum atomic E-state index is -0.682. The lowest BCUT2D eigenvalue weighted by Gasteiger charge is -2.26. The van der Waals surface area contributed by atoms with Gasteiger partial charge in [0.05, 0.1) is 0 Å². The van der Waals surface area contributed by atoms with Crippen LogP contribution in [-0.2, 0) is 4.79 Å². The van der Waals surface area contributed by atoms with Crippen LogP contribution in [0.4, 0.5) is 0 Å². The molecular formula is C23H49NO2. The summed E-state index contributed by atoms with van der Waals surface area (Å²) >= 11 is 0. The number of carboxylic acids is 1. The van der Waals surface area contributed by atoms with Gasteiger partial charge in [0.1, 0.15) is 0 Å². The molecule has 0 aromatic carbocycles. The average molecular weight is 372 g/mol. The molecule has 1 fully saturated rings. The third-order valence-electron chi connectivity index (χ3n) is 4.77. The molecule has 0 aliphatic heterocycles. The number of carbonyl (C=O) groups is 1. The summed E-state index contributed by atoms with van der Waals surface area (Å²) in [5.74, 6) is -0.682. The van der Waals surface area contributed by atoms with Gasteiger partial charge in [-0.15, -0.1) is 0 Å². The number of nitrogens with one attached hydrogen (secondary N) is 1. The second kappa shape index (κ2) is 24.4. The van der Waals surface area contributed by atoms with Gasteiger partial charge in [0.15, 0.2) is 0 Å².